The second-order valence-corrected chi connectivity index (χ2v) is 6.87. The van der Waals surface area contributed by atoms with E-state index in [9.17, 15) is 26.4 Å². The van der Waals surface area contributed by atoms with Gasteiger partial charge in [0.05, 0.1) is 4.90 Å². The fraction of sp³-hybridized carbons (Fsp3) is 0.462. The Morgan fingerprint density at radius 3 is 2.18 bits per heavy atom. The highest BCUT2D eigenvalue weighted by Crippen LogP contribution is 2.21. The second kappa shape index (κ2) is 6.25. The summed E-state index contributed by atoms with van der Waals surface area (Å²) in [5, 5.41) is 1.73. The van der Waals surface area contributed by atoms with E-state index in [0.29, 0.717) is 13.1 Å². The molecule has 0 radical (unpaired) electrons. The number of alkyl halides is 3. The lowest BCUT2D eigenvalue weighted by atomic mass is 10.2. The number of carbonyl (C=O) groups excluding carboxylic acids is 1. The van der Waals surface area contributed by atoms with Gasteiger partial charge in [0.2, 0.25) is 10.0 Å². The normalized spacial score (nSPS) is 16.7. The van der Waals surface area contributed by atoms with E-state index < -0.39 is 28.7 Å². The summed E-state index contributed by atoms with van der Waals surface area (Å²) in [6.45, 7) is -0.522. The van der Waals surface area contributed by atoms with Gasteiger partial charge in [0.25, 0.3) is 5.91 Å². The van der Waals surface area contributed by atoms with Crippen molar-refractivity contribution in [1.82, 2.24) is 9.62 Å². The van der Waals surface area contributed by atoms with Crippen LogP contribution in [0.3, 0.4) is 0 Å². The van der Waals surface area contributed by atoms with Crippen LogP contribution >= 0.6 is 0 Å². The van der Waals surface area contributed by atoms with Crippen molar-refractivity contribution in [2.24, 2.45) is 0 Å². The van der Waals surface area contributed by atoms with E-state index in [-0.39, 0.29) is 10.5 Å². The fourth-order valence-corrected chi connectivity index (χ4v) is 3.66. The maximum absolute atomic E-state index is 12.2. The van der Waals surface area contributed by atoms with Gasteiger partial charge in [-0.1, -0.05) is 0 Å². The van der Waals surface area contributed by atoms with Crippen LogP contribution in [0.5, 0.6) is 0 Å². The Labute approximate surface area is 126 Å². The molecule has 1 aromatic carbocycles. The third kappa shape index (κ3) is 3.98. The molecule has 0 unspecified atom stereocenters. The van der Waals surface area contributed by atoms with E-state index in [1.165, 1.54) is 28.6 Å². The number of hydrogen-bond donors (Lipinski definition) is 1. The zero-order valence-corrected chi connectivity index (χ0v) is 12.4. The number of nitrogens with one attached hydrogen (secondary N) is 1. The number of benzene rings is 1. The van der Waals surface area contributed by atoms with Crippen molar-refractivity contribution in [1.29, 1.82) is 0 Å². The highest BCUT2D eigenvalue weighted by Gasteiger charge is 2.29. The van der Waals surface area contributed by atoms with Gasteiger partial charge < -0.3 is 5.32 Å². The SMILES string of the molecule is O=C(NCC(F)(F)F)c1ccc(S(=O)(=O)N2CCCC2)cc1. The first-order chi connectivity index (χ1) is 10.2. The van der Waals surface area contributed by atoms with Crippen molar-refractivity contribution in [3.8, 4) is 0 Å². The van der Waals surface area contributed by atoms with Crippen LogP contribution in [0.15, 0.2) is 29.2 Å². The summed E-state index contributed by atoms with van der Waals surface area (Å²) >= 11 is 0. The molecule has 0 aromatic heterocycles. The highest BCUT2D eigenvalue weighted by molar-refractivity contribution is 7.89. The van der Waals surface area contributed by atoms with Gasteiger partial charge in [-0.15, -0.1) is 0 Å². The topological polar surface area (TPSA) is 66.5 Å². The molecule has 1 aliphatic heterocycles. The minimum absolute atomic E-state index is 0.0235. The van der Waals surface area contributed by atoms with Gasteiger partial charge in [-0.25, -0.2) is 8.42 Å². The van der Waals surface area contributed by atoms with Crippen LogP contribution in [0.1, 0.15) is 23.2 Å². The molecular formula is C13H15F3N2O3S. The summed E-state index contributed by atoms with van der Waals surface area (Å²) in [6, 6.07) is 4.87. The molecule has 1 aromatic rings. The van der Waals surface area contributed by atoms with E-state index >= 15 is 0 Å². The van der Waals surface area contributed by atoms with E-state index in [1.54, 1.807) is 5.32 Å². The molecule has 0 saturated carbocycles. The van der Waals surface area contributed by atoms with E-state index in [2.05, 4.69) is 0 Å². The molecule has 1 saturated heterocycles. The number of rotatable bonds is 4. The van der Waals surface area contributed by atoms with Crippen LogP contribution in [-0.4, -0.2) is 44.4 Å². The van der Waals surface area contributed by atoms with Crippen molar-refractivity contribution >= 4 is 15.9 Å². The van der Waals surface area contributed by atoms with E-state index in [0.717, 1.165) is 12.8 Å². The van der Waals surface area contributed by atoms with Crippen LogP contribution in [0, 0.1) is 0 Å². The molecule has 1 amide bonds. The number of sulfonamides is 1. The van der Waals surface area contributed by atoms with Gasteiger partial charge in [-0.05, 0) is 37.1 Å². The first kappa shape index (κ1) is 16.8. The van der Waals surface area contributed by atoms with Crippen molar-refractivity contribution in [3.63, 3.8) is 0 Å². The Kier molecular flexibility index (Phi) is 4.76. The third-order valence-corrected chi connectivity index (χ3v) is 5.18. The van der Waals surface area contributed by atoms with Crippen LogP contribution in [0.2, 0.25) is 0 Å². The minimum atomic E-state index is -4.49. The average molecular weight is 336 g/mol. The fourth-order valence-electron chi connectivity index (χ4n) is 2.14. The van der Waals surface area contributed by atoms with Crippen molar-refractivity contribution < 1.29 is 26.4 Å². The molecule has 0 atom stereocenters. The number of hydrogen-bond acceptors (Lipinski definition) is 3. The molecular weight excluding hydrogens is 321 g/mol. The first-order valence-electron chi connectivity index (χ1n) is 6.65. The Morgan fingerprint density at radius 2 is 1.68 bits per heavy atom. The smallest absolute Gasteiger partial charge is 0.343 e. The molecule has 2 rings (SSSR count). The predicted octanol–water partition coefficient (Wildman–Crippen LogP) is 1.76. The molecule has 9 heteroatoms. The highest BCUT2D eigenvalue weighted by atomic mass is 32.2. The molecule has 0 bridgehead atoms. The summed E-state index contributed by atoms with van der Waals surface area (Å²) < 4.78 is 61.9. The molecule has 0 spiro atoms. The van der Waals surface area contributed by atoms with Crippen LogP contribution in [0.25, 0.3) is 0 Å². The monoisotopic (exact) mass is 336 g/mol. The molecule has 1 aliphatic rings. The lowest BCUT2D eigenvalue weighted by Crippen LogP contribution is -2.33. The quantitative estimate of drug-likeness (QED) is 0.911. The summed E-state index contributed by atoms with van der Waals surface area (Å²) in [6.07, 6.45) is -2.89. The van der Waals surface area contributed by atoms with Crippen LogP contribution < -0.4 is 5.32 Å². The standard InChI is InChI=1S/C13H15F3N2O3S/c14-13(15,16)9-17-12(19)10-3-5-11(6-4-10)22(20,21)18-7-1-2-8-18/h3-6H,1-2,7-9H2,(H,17,19). The Balaban J connectivity index is 2.08. The molecule has 1 fully saturated rings. The van der Waals surface area contributed by atoms with Crippen molar-refractivity contribution in [2.45, 2.75) is 23.9 Å². The van der Waals surface area contributed by atoms with Crippen molar-refractivity contribution in [3.05, 3.63) is 29.8 Å². The molecule has 1 heterocycles. The number of nitrogens with zero attached hydrogens (tertiary/aromatic N) is 1. The maximum atomic E-state index is 12.2. The van der Waals surface area contributed by atoms with Crippen molar-refractivity contribution in [2.75, 3.05) is 19.6 Å². The Hall–Kier alpha value is -1.61. The molecule has 0 aliphatic carbocycles. The first-order valence-corrected chi connectivity index (χ1v) is 8.09. The van der Waals surface area contributed by atoms with Gasteiger partial charge in [-0.3, -0.25) is 4.79 Å². The Morgan fingerprint density at radius 1 is 1.14 bits per heavy atom. The summed E-state index contributed by atoms with van der Waals surface area (Å²) in [5.41, 5.74) is -0.0235. The largest absolute Gasteiger partial charge is 0.405 e. The molecule has 1 N–H and O–H groups in total. The molecule has 122 valence electrons. The van der Waals surface area contributed by atoms with Crippen LogP contribution in [-0.2, 0) is 10.0 Å². The predicted molar refractivity (Wildman–Crippen MR) is 72.8 cm³/mol. The number of carbonyl (C=O) groups is 1. The molecule has 22 heavy (non-hydrogen) atoms. The number of amides is 1. The molecule has 5 nitrogen and oxygen atoms in total. The summed E-state index contributed by atoms with van der Waals surface area (Å²) in [5.74, 6) is -0.901. The van der Waals surface area contributed by atoms with Gasteiger partial charge >= 0.3 is 6.18 Å². The Bertz CT molecular complexity index is 635. The summed E-state index contributed by atoms with van der Waals surface area (Å²) in [4.78, 5) is 11.6. The van der Waals surface area contributed by atoms with Gasteiger partial charge in [0.1, 0.15) is 6.54 Å². The average Bonchev–Trinajstić information content (AvgIpc) is 2.99. The third-order valence-electron chi connectivity index (χ3n) is 3.27. The minimum Gasteiger partial charge on any atom is -0.343 e. The lowest BCUT2D eigenvalue weighted by molar-refractivity contribution is -0.123. The zero-order valence-electron chi connectivity index (χ0n) is 11.6. The maximum Gasteiger partial charge on any atom is 0.405 e. The summed E-state index contributed by atoms with van der Waals surface area (Å²) in [7, 11) is -3.60. The van der Waals surface area contributed by atoms with Gasteiger partial charge in [-0.2, -0.15) is 17.5 Å². The van der Waals surface area contributed by atoms with Gasteiger partial charge in [0, 0.05) is 18.7 Å². The van der Waals surface area contributed by atoms with Crippen LogP contribution in [0.4, 0.5) is 13.2 Å². The second-order valence-electron chi connectivity index (χ2n) is 4.93. The number of halogens is 3. The lowest BCUT2D eigenvalue weighted by Gasteiger charge is -2.15. The zero-order chi connectivity index (χ0) is 16.4. The van der Waals surface area contributed by atoms with E-state index in [4.69, 9.17) is 0 Å². The van der Waals surface area contributed by atoms with E-state index in [1.807, 2.05) is 0 Å². The van der Waals surface area contributed by atoms with Gasteiger partial charge in [0.15, 0.2) is 0 Å².